The minimum Gasteiger partial charge on any atom is -0.316 e. The van der Waals surface area contributed by atoms with E-state index in [1.54, 1.807) is 0 Å². The number of nitrogens with one attached hydrogen (secondary N) is 1. The first kappa shape index (κ1) is 14.6. The van der Waals surface area contributed by atoms with Gasteiger partial charge < -0.3 is 5.32 Å². The monoisotopic (exact) mass is 273 g/mol. The number of pyridine rings is 1. The molecule has 20 heavy (non-hydrogen) atoms. The molecule has 0 spiro atoms. The molecule has 1 aromatic heterocycles. The molecule has 0 saturated carbocycles. The first-order chi connectivity index (χ1) is 9.67. The molecule has 0 amide bonds. The number of hydrogen-bond acceptors (Lipinski definition) is 3. The summed E-state index contributed by atoms with van der Waals surface area (Å²) in [6.45, 7) is 2.39. The van der Waals surface area contributed by atoms with Crippen LogP contribution >= 0.6 is 0 Å². The third-order valence-electron chi connectivity index (χ3n) is 3.06. The molecular weight excluding hydrogens is 253 g/mol. The zero-order chi connectivity index (χ0) is 14.4. The van der Waals surface area contributed by atoms with Gasteiger partial charge in [-0.2, -0.15) is 0 Å². The van der Waals surface area contributed by atoms with Crippen LogP contribution in [0.1, 0.15) is 16.8 Å². The van der Waals surface area contributed by atoms with Crippen molar-refractivity contribution >= 4 is 0 Å². The van der Waals surface area contributed by atoms with Crippen LogP contribution in [0.3, 0.4) is 0 Å². The van der Waals surface area contributed by atoms with Gasteiger partial charge in [0.25, 0.3) is 0 Å². The van der Waals surface area contributed by atoms with Crippen molar-refractivity contribution in [2.24, 2.45) is 0 Å². The number of halogens is 1. The SMILES string of the molecule is CNCc1ccc(CN(C)Cc2ccc(F)cc2)nc1. The van der Waals surface area contributed by atoms with Crippen LogP contribution in [0.25, 0.3) is 0 Å². The van der Waals surface area contributed by atoms with Gasteiger partial charge in [-0.3, -0.25) is 9.88 Å². The standard InChI is InChI=1S/C16H20FN3/c1-18-9-14-5-8-16(19-10-14)12-20(2)11-13-3-6-15(17)7-4-13/h3-8,10,18H,9,11-12H2,1-2H3. The first-order valence-electron chi connectivity index (χ1n) is 6.69. The van der Waals surface area contributed by atoms with Crippen LogP contribution in [0, 0.1) is 5.82 Å². The van der Waals surface area contributed by atoms with Crippen molar-refractivity contribution in [2.45, 2.75) is 19.6 Å². The molecule has 2 rings (SSSR count). The Balaban J connectivity index is 1.90. The second-order valence-electron chi connectivity index (χ2n) is 4.99. The summed E-state index contributed by atoms with van der Waals surface area (Å²) in [5.41, 5.74) is 3.31. The van der Waals surface area contributed by atoms with Crippen molar-refractivity contribution in [3.8, 4) is 0 Å². The number of rotatable bonds is 6. The van der Waals surface area contributed by atoms with Gasteiger partial charge in [-0.1, -0.05) is 18.2 Å². The zero-order valence-electron chi connectivity index (χ0n) is 11.9. The third-order valence-corrected chi connectivity index (χ3v) is 3.06. The lowest BCUT2D eigenvalue weighted by atomic mass is 10.2. The van der Waals surface area contributed by atoms with Gasteiger partial charge in [0, 0.05) is 25.8 Å². The zero-order valence-corrected chi connectivity index (χ0v) is 11.9. The van der Waals surface area contributed by atoms with Crippen molar-refractivity contribution in [3.05, 3.63) is 65.2 Å². The Morgan fingerprint density at radius 3 is 2.35 bits per heavy atom. The maximum atomic E-state index is 12.8. The Hall–Kier alpha value is -1.78. The Morgan fingerprint density at radius 2 is 1.75 bits per heavy atom. The summed E-state index contributed by atoms with van der Waals surface area (Å²) < 4.78 is 12.8. The quantitative estimate of drug-likeness (QED) is 0.877. The fourth-order valence-corrected chi connectivity index (χ4v) is 2.09. The average molecular weight is 273 g/mol. The Morgan fingerprint density at radius 1 is 1.05 bits per heavy atom. The Kier molecular flexibility index (Phi) is 5.21. The molecule has 0 atom stereocenters. The van der Waals surface area contributed by atoms with E-state index in [0.29, 0.717) is 0 Å². The van der Waals surface area contributed by atoms with Gasteiger partial charge in [0.2, 0.25) is 0 Å². The van der Waals surface area contributed by atoms with Crippen LogP contribution < -0.4 is 5.32 Å². The van der Waals surface area contributed by atoms with Crippen LogP contribution in [-0.4, -0.2) is 24.0 Å². The molecule has 1 aromatic carbocycles. The molecular formula is C16H20FN3. The molecule has 0 unspecified atom stereocenters. The number of aromatic nitrogens is 1. The van der Waals surface area contributed by atoms with Gasteiger partial charge in [-0.05, 0) is 43.4 Å². The van der Waals surface area contributed by atoms with E-state index < -0.39 is 0 Å². The van der Waals surface area contributed by atoms with Gasteiger partial charge in [-0.25, -0.2) is 4.39 Å². The maximum Gasteiger partial charge on any atom is 0.123 e. The summed E-state index contributed by atoms with van der Waals surface area (Å²) in [7, 11) is 3.96. The normalized spacial score (nSPS) is 11.0. The summed E-state index contributed by atoms with van der Waals surface area (Å²) in [6.07, 6.45) is 1.90. The molecule has 0 aliphatic rings. The summed E-state index contributed by atoms with van der Waals surface area (Å²) in [5, 5.41) is 3.10. The number of nitrogens with zero attached hydrogens (tertiary/aromatic N) is 2. The van der Waals surface area contributed by atoms with E-state index in [1.165, 1.54) is 17.7 Å². The average Bonchev–Trinajstić information content (AvgIpc) is 2.44. The minimum atomic E-state index is -0.196. The fraction of sp³-hybridized carbons (Fsp3) is 0.312. The van der Waals surface area contributed by atoms with Gasteiger partial charge in [0.15, 0.2) is 0 Å². The van der Waals surface area contributed by atoms with Crippen molar-refractivity contribution in [1.82, 2.24) is 15.2 Å². The highest BCUT2D eigenvalue weighted by molar-refractivity contribution is 5.17. The Bertz CT molecular complexity index is 522. The molecule has 1 N–H and O–H groups in total. The molecule has 0 aliphatic heterocycles. The molecule has 0 aliphatic carbocycles. The van der Waals surface area contributed by atoms with Crippen molar-refractivity contribution in [1.29, 1.82) is 0 Å². The summed E-state index contributed by atoms with van der Waals surface area (Å²) in [6, 6.07) is 10.8. The molecule has 3 nitrogen and oxygen atoms in total. The molecule has 0 radical (unpaired) electrons. The molecule has 0 fully saturated rings. The maximum absolute atomic E-state index is 12.8. The van der Waals surface area contributed by atoms with Crippen molar-refractivity contribution < 1.29 is 4.39 Å². The van der Waals surface area contributed by atoms with E-state index in [9.17, 15) is 4.39 Å². The molecule has 1 heterocycles. The fourth-order valence-electron chi connectivity index (χ4n) is 2.09. The minimum absolute atomic E-state index is 0.196. The molecule has 2 aromatic rings. The molecule has 4 heteroatoms. The highest BCUT2D eigenvalue weighted by Gasteiger charge is 2.03. The van der Waals surface area contributed by atoms with Crippen LogP contribution in [0.15, 0.2) is 42.6 Å². The van der Waals surface area contributed by atoms with E-state index in [4.69, 9.17) is 0 Å². The lowest BCUT2D eigenvalue weighted by Gasteiger charge is -2.16. The largest absolute Gasteiger partial charge is 0.316 e. The summed E-state index contributed by atoms with van der Waals surface area (Å²) in [4.78, 5) is 6.61. The lowest BCUT2D eigenvalue weighted by Crippen LogP contribution is -2.18. The third kappa shape index (κ3) is 4.40. The van der Waals surface area contributed by atoms with Gasteiger partial charge >= 0.3 is 0 Å². The second-order valence-corrected chi connectivity index (χ2v) is 4.99. The van der Waals surface area contributed by atoms with E-state index in [-0.39, 0.29) is 5.82 Å². The predicted octanol–water partition coefficient (Wildman–Crippen LogP) is 2.57. The number of benzene rings is 1. The second kappa shape index (κ2) is 7.12. The van der Waals surface area contributed by atoms with Crippen LogP contribution in [0.2, 0.25) is 0 Å². The van der Waals surface area contributed by atoms with E-state index in [0.717, 1.165) is 30.9 Å². The molecule has 0 bridgehead atoms. The molecule has 0 saturated heterocycles. The molecule has 106 valence electrons. The summed E-state index contributed by atoms with van der Waals surface area (Å²) in [5.74, 6) is -0.196. The van der Waals surface area contributed by atoms with Crippen molar-refractivity contribution in [3.63, 3.8) is 0 Å². The first-order valence-corrected chi connectivity index (χ1v) is 6.69. The van der Waals surface area contributed by atoms with E-state index in [1.807, 2.05) is 38.5 Å². The van der Waals surface area contributed by atoms with E-state index in [2.05, 4.69) is 21.3 Å². The van der Waals surface area contributed by atoms with Gasteiger partial charge in [-0.15, -0.1) is 0 Å². The van der Waals surface area contributed by atoms with Gasteiger partial charge in [0.05, 0.1) is 5.69 Å². The highest BCUT2D eigenvalue weighted by Crippen LogP contribution is 2.08. The van der Waals surface area contributed by atoms with Crippen LogP contribution in [-0.2, 0) is 19.6 Å². The highest BCUT2D eigenvalue weighted by atomic mass is 19.1. The van der Waals surface area contributed by atoms with E-state index >= 15 is 0 Å². The predicted molar refractivity (Wildman–Crippen MR) is 78.6 cm³/mol. The van der Waals surface area contributed by atoms with Crippen LogP contribution in [0.4, 0.5) is 4.39 Å². The Labute approximate surface area is 119 Å². The topological polar surface area (TPSA) is 28.2 Å². The van der Waals surface area contributed by atoms with Crippen molar-refractivity contribution in [2.75, 3.05) is 14.1 Å². The smallest absolute Gasteiger partial charge is 0.123 e. The van der Waals surface area contributed by atoms with Crippen LogP contribution in [0.5, 0.6) is 0 Å². The van der Waals surface area contributed by atoms with Gasteiger partial charge in [0.1, 0.15) is 5.82 Å². The number of hydrogen-bond donors (Lipinski definition) is 1. The lowest BCUT2D eigenvalue weighted by molar-refractivity contribution is 0.315. The summed E-state index contributed by atoms with van der Waals surface area (Å²) >= 11 is 0.